The summed E-state index contributed by atoms with van der Waals surface area (Å²) in [6, 6.07) is 8.73. The molecule has 0 bridgehead atoms. The van der Waals surface area contributed by atoms with Gasteiger partial charge in [0.15, 0.2) is 5.78 Å². The van der Waals surface area contributed by atoms with Crippen molar-refractivity contribution < 1.29 is 19.1 Å². The SMILES string of the molecule is CCC(C)C(NC(=O)OCc1ccccc1)C(=O)CC(CC(C)C)C(C)=O. The fourth-order valence-electron chi connectivity index (χ4n) is 3.00. The fourth-order valence-corrected chi connectivity index (χ4v) is 3.00. The molecule has 0 aliphatic rings. The van der Waals surface area contributed by atoms with Gasteiger partial charge >= 0.3 is 6.09 Å². The van der Waals surface area contributed by atoms with Crippen LogP contribution in [0.5, 0.6) is 0 Å². The Morgan fingerprint density at radius 3 is 2.22 bits per heavy atom. The van der Waals surface area contributed by atoms with Crippen molar-refractivity contribution >= 4 is 17.7 Å². The summed E-state index contributed by atoms with van der Waals surface area (Å²) in [6.07, 6.45) is 0.958. The lowest BCUT2D eigenvalue weighted by Gasteiger charge is -2.25. The van der Waals surface area contributed by atoms with E-state index in [0.29, 0.717) is 12.3 Å². The molecule has 5 nitrogen and oxygen atoms in total. The number of benzene rings is 1. The summed E-state index contributed by atoms with van der Waals surface area (Å²) < 4.78 is 5.25. The third-order valence-electron chi connectivity index (χ3n) is 4.82. The normalized spacial score (nSPS) is 14.3. The molecule has 5 heteroatoms. The standard InChI is InChI=1S/C22H33NO4/c1-6-16(4)21(20(25)13-19(17(5)24)12-15(2)3)23-22(26)27-14-18-10-8-7-9-11-18/h7-11,15-16,19,21H,6,12-14H2,1-5H3,(H,23,26). The Balaban J connectivity index is 2.71. The molecule has 150 valence electrons. The van der Waals surface area contributed by atoms with E-state index in [1.54, 1.807) is 0 Å². The minimum Gasteiger partial charge on any atom is -0.445 e. The molecule has 0 saturated heterocycles. The second-order valence-electron chi connectivity index (χ2n) is 7.68. The highest BCUT2D eigenvalue weighted by molar-refractivity contribution is 5.91. The third-order valence-corrected chi connectivity index (χ3v) is 4.82. The zero-order valence-electron chi connectivity index (χ0n) is 17.2. The van der Waals surface area contributed by atoms with E-state index in [1.165, 1.54) is 6.92 Å². The van der Waals surface area contributed by atoms with Crippen molar-refractivity contribution in [2.45, 2.75) is 66.5 Å². The van der Waals surface area contributed by atoms with E-state index in [-0.39, 0.29) is 36.4 Å². The van der Waals surface area contributed by atoms with Gasteiger partial charge in [-0.3, -0.25) is 9.59 Å². The number of hydrogen-bond acceptors (Lipinski definition) is 4. The summed E-state index contributed by atoms with van der Waals surface area (Å²) in [6.45, 7) is 9.64. The predicted molar refractivity (Wildman–Crippen MR) is 106 cm³/mol. The number of nitrogens with one attached hydrogen (secondary N) is 1. The number of rotatable bonds is 11. The van der Waals surface area contributed by atoms with E-state index in [1.807, 2.05) is 58.0 Å². The van der Waals surface area contributed by atoms with E-state index in [4.69, 9.17) is 4.74 Å². The first-order chi connectivity index (χ1) is 12.7. The second-order valence-corrected chi connectivity index (χ2v) is 7.68. The van der Waals surface area contributed by atoms with E-state index in [2.05, 4.69) is 5.32 Å². The van der Waals surface area contributed by atoms with Gasteiger partial charge in [0, 0.05) is 12.3 Å². The molecule has 0 aliphatic heterocycles. The molecule has 0 radical (unpaired) electrons. The Hall–Kier alpha value is -2.17. The summed E-state index contributed by atoms with van der Waals surface area (Å²) in [5.74, 6) is -0.0920. The number of amides is 1. The Kier molecular flexibility index (Phi) is 9.76. The van der Waals surface area contributed by atoms with Crippen LogP contribution in [0, 0.1) is 17.8 Å². The van der Waals surface area contributed by atoms with Crippen LogP contribution < -0.4 is 5.32 Å². The van der Waals surface area contributed by atoms with Crippen LogP contribution in [0.25, 0.3) is 0 Å². The third kappa shape index (κ3) is 8.37. The lowest BCUT2D eigenvalue weighted by atomic mass is 9.85. The van der Waals surface area contributed by atoms with Gasteiger partial charge in [0.25, 0.3) is 0 Å². The first kappa shape index (κ1) is 22.9. The van der Waals surface area contributed by atoms with Crippen molar-refractivity contribution in [2.75, 3.05) is 0 Å². The van der Waals surface area contributed by atoms with E-state index in [9.17, 15) is 14.4 Å². The quantitative estimate of drug-likeness (QED) is 0.616. The number of hydrogen-bond donors (Lipinski definition) is 1. The second kappa shape index (κ2) is 11.5. The Morgan fingerprint density at radius 1 is 1.07 bits per heavy atom. The van der Waals surface area contributed by atoms with E-state index < -0.39 is 12.1 Å². The van der Waals surface area contributed by atoms with Crippen LogP contribution in [0.4, 0.5) is 4.79 Å². The first-order valence-electron chi connectivity index (χ1n) is 9.74. The maximum Gasteiger partial charge on any atom is 0.408 e. The highest BCUT2D eigenvalue weighted by Crippen LogP contribution is 2.20. The Bertz CT molecular complexity index is 612. The van der Waals surface area contributed by atoms with Crippen molar-refractivity contribution in [2.24, 2.45) is 17.8 Å². The molecule has 1 aromatic rings. The van der Waals surface area contributed by atoms with Crippen LogP contribution in [0.3, 0.4) is 0 Å². The molecule has 0 aromatic heterocycles. The van der Waals surface area contributed by atoms with Gasteiger partial charge < -0.3 is 10.1 Å². The van der Waals surface area contributed by atoms with Gasteiger partial charge in [-0.05, 0) is 30.7 Å². The highest BCUT2D eigenvalue weighted by atomic mass is 16.5. The zero-order valence-corrected chi connectivity index (χ0v) is 17.2. The first-order valence-corrected chi connectivity index (χ1v) is 9.74. The van der Waals surface area contributed by atoms with Crippen molar-refractivity contribution in [1.82, 2.24) is 5.32 Å². The number of carbonyl (C=O) groups is 3. The molecule has 3 atom stereocenters. The van der Waals surface area contributed by atoms with Gasteiger partial charge in [-0.25, -0.2) is 4.79 Å². The summed E-state index contributed by atoms with van der Waals surface area (Å²) in [5, 5.41) is 2.71. The number of alkyl carbamates (subject to hydrolysis) is 1. The van der Waals surface area contributed by atoms with Gasteiger partial charge in [0.2, 0.25) is 0 Å². The molecular formula is C22H33NO4. The predicted octanol–water partition coefficient (Wildman–Crippen LogP) is 4.54. The molecule has 1 N–H and O–H groups in total. The monoisotopic (exact) mass is 375 g/mol. The van der Waals surface area contributed by atoms with Crippen LogP contribution in [0.2, 0.25) is 0 Å². The molecule has 3 unspecified atom stereocenters. The van der Waals surface area contributed by atoms with Gasteiger partial charge in [0.1, 0.15) is 12.4 Å². The lowest BCUT2D eigenvalue weighted by molar-refractivity contribution is -0.128. The van der Waals surface area contributed by atoms with Gasteiger partial charge in [-0.2, -0.15) is 0 Å². The maximum absolute atomic E-state index is 12.8. The van der Waals surface area contributed by atoms with Crippen molar-refractivity contribution in [3.8, 4) is 0 Å². The number of Topliss-reactive ketones (excluding diaryl/α,β-unsaturated/α-hetero) is 2. The summed E-state index contributed by atoms with van der Waals surface area (Å²) in [5.41, 5.74) is 0.882. The molecule has 0 fully saturated rings. The molecule has 1 rings (SSSR count). The van der Waals surface area contributed by atoms with Crippen molar-refractivity contribution in [1.29, 1.82) is 0 Å². The summed E-state index contributed by atoms with van der Waals surface area (Å²) >= 11 is 0. The van der Waals surface area contributed by atoms with Gasteiger partial charge in [0.05, 0.1) is 6.04 Å². The largest absolute Gasteiger partial charge is 0.445 e. The van der Waals surface area contributed by atoms with Crippen molar-refractivity contribution in [3.05, 3.63) is 35.9 Å². The molecule has 27 heavy (non-hydrogen) atoms. The molecule has 0 spiro atoms. The van der Waals surface area contributed by atoms with Crippen LogP contribution >= 0.6 is 0 Å². The fraction of sp³-hybridized carbons (Fsp3) is 0.591. The van der Waals surface area contributed by atoms with E-state index >= 15 is 0 Å². The molecule has 1 aromatic carbocycles. The Morgan fingerprint density at radius 2 is 1.70 bits per heavy atom. The molecular weight excluding hydrogens is 342 g/mol. The molecule has 0 aliphatic carbocycles. The zero-order chi connectivity index (χ0) is 20.4. The average molecular weight is 376 g/mol. The number of ketones is 2. The average Bonchev–Trinajstić information content (AvgIpc) is 2.63. The number of ether oxygens (including phenoxy) is 1. The number of carbonyl (C=O) groups excluding carboxylic acids is 3. The van der Waals surface area contributed by atoms with Crippen LogP contribution in [0.15, 0.2) is 30.3 Å². The topological polar surface area (TPSA) is 72.5 Å². The van der Waals surface area contributed by atoms with Crippen molar-refractivity contribution in [3.63, 3.8) is 0 Å². The van der Waals surface area contributed by atoms with Gasteiger partial charge in [-0.15, -0.1) is 0 Å². The van der Waals surface area contributed by atoms with Crippen LogP contribution in [-0.4, -0.2) is 23.7 Å². The maximum atomic E-state index is 12.8. The minimum absolute atomic E-state index is 0.0200. The Labute approximate surface area is 162 Å². The highest BCUT2D eigenvalue weighted by Gasteiger charge is 2.30. The van der Waals surface area contributed by atoms with Crippen LogP contribution in [0.1, 0.15) is 59.4 Å². The molecule has 1 amide bonds. The van der Waals surface area contributed by atoms with Crippen LogP contribution in [-0.2, 0) is 20.9 Å². The smallest absolute Gasteiger partial charge is 0.408 e. The lowest BCUT2D eigenvalue weighted by Crippen LogP contribution is -2.46. The van der Waals surface area contributed by atoms with E-state index in [0.717, 1.165) is 12.0 Å². The molecule has 0 saturated carbocycles. The summed E-state index contributed by atoms with van der Waals surface area (Å²) in [7, 11) is 0. The van der Waals surface area contributed by atoms with Gasteiger partial charge in [-0.1, -0.05) is 64.4 Å². The summed E-state index contributed by atoms with van der Waals surface area (Å²) in [4.78, 5) is 36.9. The molecule has 0 heterocycles. The minimum atomic E-state index is -0.646.